The van der Waals surface area contributed by atoms with Gasteiger partial charge in [0, 0.05) is 18.5 Å². The molecule has 5 heteroatoms. The van der Waals surface area contributed by atoms with Crippen molar-refractivity contribution >= 4 is 5.97 Å². The number of nitrogens with one attached hydrogen (secondary N) is 1. The van der Waals surface area contributed by atoms with E-state index >= 15 is 0 Å². The second-order valence-corrected chi connectivity index (χ2v) is 2.70. The van der Waals surface area contributed by atoms with Gasteiger partial charge in [0.1, 0.15) is 0 Å². The molecular formula is C9H11N3O2. The molecular weight excluding hydrogens is 182 g/mol. The predicted octanol–water partition coefficient (Wildman–Crippen LogP) is 0.473. The van der Waals surface area contributed by atoms with Gasteiger partial charge in [0.05, 0.1) is 24.1 Å². The minimum Gasteiger partial charge on any atom is -0.478 e. The molecule has 0 aliphatic heterocycles. The van der Waals surface area contributed by atoms with E-state index in [0.29, 0.717) is 6.54 Å². The van der Waals surface area contributed by atoms with Crippen LogP contribution in [0.25, 0.3) is 0 Å². The first-order chi connectivity index (χ1) is 6.68. The van der Waals surface area contributed by atoms with Crippen LogP contribution < -0.4 is 5.32 Å². The van der Waals surface area contributed by atoms with E-state index in [4.69, 9.17) is 5.11 Å². The maximum absolute atomic E-state index is 10.1. The average Bonchev–Trinajstić information content (AvgIpc) is 2.15. The fourth-order valence-electron chi connectivity index (χ4n) is 0.804. The lowest BCUT2D eigenvalue weighted by atomic mass is 10.4. The summed E-state index contributed by atoms with van der Waals surface area (Å²) < 4.78 is 0. The van der Waals surface area contributed by atoms with Crippen molar-refractivity contribution in [1.82, 2.24) is 15.3 Å². The van der Waals surface area contributed by atoms with E-state index in [1.165, 1.54) is 6.20 Å². The molecule has 1 aromatic heterocycles. The Balaban J connectivity index is 2.39. The summed E-state index contributed by atoms with van der Waals surface area (Å²) >= 11 is 0. The lowest BCUT2D eigenvalue weighted by Crippen LogP contribution is -2.07. The third-order valence-electron chi connectivity index (χ3n) is 1.46. The maximum atomic E-state index is 10.1. The Kier molecular flexibility index (Phi) is 3.60. The highest BCUT2D eigenvalue weighted by atomic mass is 16.4. The summed E-state index contributed by atoms with van der Waals surface area (Å²) in [5.41, 5.74) is 1.63. The summed E-state index contributed by atoms with van der Waals surface area (Å²) in [4.78, 5) is 18.2. The van der Waals surface area contributed by atoms with Gasteiger partial charge in [0.25, 0.3) is 0 Å². The summed E-state index contributed by atoms with van der Waals surface area (Å²) in [6.45, 7) is 2.32. The number of hydrogen-bond donors (Lipinski definition) is 2. The van der Waals surface area contributed by atoms with Crippen LogP contribution in [0.4, 0.5) is 0 Å². The van der Waals surface area contributed by atoms with E-state index in [2.05, 4.69) is 15.3 Å². The molecule has 5 nitrogen and oxygen atoms in total. The molecule has 1 aromatic rings. The van der Waals surface area contributed by atoms with E-state index in [1.54, 1.807) is 12.4 Å². The van der Waals surface area contributed by atoms with Gasteiger partial charge in [-0.15, -0.1) is 0 Å². The minimum absolute atomic E-state index is 0.469. The Morgan fingerprint density at radius 3 is 2.93 bits per heavy atom. The van der Waals surface area contributed by atoms with Crippen LogP contribution in [0, 0.1) is 6.92 Å². The van der Waals surface area contributed by atoms with Crippen LogP contribution in [-0.4, -0.2) is 21.0 Å². The summed E-state index contributed by atoms with van der Waals surface area (Å²) in [7, 11) is 0. The number of aryl methyl sites for hydroxylation is 1. The van der Waals surface area contributed by atoms with Crippen molar-refractivity contribution in [1.29, 1.82) is 0 Å². The fraction of sp³-hybridized carbons (Fsp3) is 0.222. The van der Waals surface area contributed by atoms with E-state index in [-0.39, 0.29) is 0 Å². The average molecular weight is 193 g/mol. The molecule has 1 rings (SSSR count). The number of carboxylic acids is 1. The van der Waals surface area contributed by atoms with Crippen LogP contribution in [0.5, 0.6) is 0 Å². The largest absolute Gasteiger partial charge is 0.478 e. The number of aliphatic carboxylic acids is 1. The van der Waals surface area contributed by atoms with Crippen molar-refractivity contribution in [2.75, 3.05) is 0 Å². The van der Waals surface area contributed by atoms with E-state index in [9.17, 15) is 4.79 Å². The molecule has 14 heavy (non-hydrogen) atoms. The summed E-state index contributed by atoms with van der Waals surface area (Å²) in [6.07, 6.45) is 5.71. The highest BCUT2D eigenvalue weighted by Crippen LogP contribution is 1.92. The zero-order valence-corrected chi connectivity index (χ0v) is 7.77. The van der Waals surface area contributed by atoms with Crippen LogP contribution in [-0.2, 0) is 11.3 Å². The number of rotatable bonds is 4. The molecule has 0 fully saturated rings. The lowest BCUT2D eigenvalue weighted by Gasteiger charge is -1.99. The second-order valence-electron chi connectivity index (χ2n) is 2.70. The standard InChI is InChI=1S/C9H11N3O2/c1-7-4-12-8(6-11-7)5-10-3-2-9(13)14/h2-4,6,10H,5H2,1H3,(H,13,14)/b3-2+. The number of aromatic nitrogens is 2. The molecule has 0 unspecified atom stereocenters. The second kappa shape index (κ2) is 4.96. The molecule has 0 aliphatic carbocycles. The Morgan fingerprint density at radius 1 is 1.57 bits per heavy atom. The van der Waals surface area contributed by atoms with Gasteiger partial charge in [-0.2, -0.15) is 0 Å². The molecule has 0 saturated carbocycles. The van der Waals surface area contributed by atoms with Gasteiger partial charge in [-0.1, -0.05) is 0 Å². The first-order valence-electron chi connectivity index (χ1n) is 4.09. The van der Waals surface area contributed by atoms with Gasteiger partial charge < -0.3 is 10.4 Å². The van der Waals surface area contributed by atoms with Crippen molar-refractivity contribution in [2.24, 2.45) is 0 Å². The van der Waals surface area contributed by atoms with Gasteiger partial charge in [-0.3, -0.25) is 9.97 Å². The number of carboxylic acid groups (broad SMARTS) is 1. The third-order valence-corrected chi connectivity index (χ3v) is 1.46. The normalized spacial score (nSPS) is 10.4. The predicted molar refractivity (Wildman–Crippen MR) is 50.4 cm³/mol. The van der Waals surface area contributed by atoms with Crippen LogP contribution in [0.2, 0.25) is 0 Å². The Morgan fingerprint density at radius 2 is 2.36 bits per heavy atom. The van der Waals surface area contributed by atoms with Crippen molar-refractivity contribution in [3.8, 4) is 0 Å². The molecule has 0 saturated heterocycles. The van der Waals surface area contributed by atoms with Gasteiger partial charge >= 0.3 is 5.97 Å². The zero-order valence-electron chi connectivity index (χ0n) is 7.77. The molecule has 0 bridgehead atoms. The summed E-state index contributed by atoms with van der Waals surface area (Å²) in [5, 5.41) is 11.1. The van der Waals surface area contributed by atoms with Gasteiger partial charge in [-0.05, 0) is 6.92 Å². The van der Waals surface area contributed by atoms with Gasteiger partial charge in [0.2, 0.25) is 0 Å². The molecule has 0 aromatic carbocycles. The summed E-state index contributed by atoms with van der Waals surface area (Å²) in [5.74, 6) is -0.979. The molecule has 0 atom stereocenters. The highest BCUT2D eigenvalue weighted by molar-refractivity contribution is 5.79. The van der Waals surface area contributed by atoms with Crippen LogP contribution in [0.1, 0.15) is 11.4 Å². The molecule has 0 spiro atoms. The molecule has 2 N–H and O–H groups in total. The Labute approximate surface area is 81.5 Å². The zero-order chi connectivity index (χ0) is 10.4. The highest BCUT2D eigenvalue weighted by Gasteiger charge is 1.92. The third kappa shape index (κ3) is 3.66. The SMILES string of the molecule is Cc1cnc(CN/C=C/C(=O)O)cn1. The monoisotopic (exact) mass is 193 g/mol. The Hall–Kier alpha value is -1.91. The first-order valence-corrected chi connectivity index (χ1v) is 4.09. The molecule has 0 radical (unpaired) electrons. The Bertz CT molecular complexity index is 332. The van der Waals surface area contributed by atoms with Crippen molar-refractivity contribution in [3.63, 3.8) is 0 Å². The summed E-state index contributed by atoms with van der Waals surface area (Å²) in [6, 6.07) is 0. The molecule has 1 heterocycles. The minimum atomic E-state index is -0.979. The van der Waals surface area contributed by atoms with E-state index in [0.717, 1.165) is 17.5 Å². The molecule has 0 aliphatic rings. The van der Waals surface area contributed by atoms with Crippen molar-refractivity contribution in [3.05, 3.63) is 36.1 Å². The van der Waals surface area contributed by atoms with Crippen molar-refractivity contribution < 1.29 is 9.90 Å². The van der Waals surface area contributed by atoms with E-state index < -0.39 is 5.97 Å². The van der Waals surface area contributed by atoms with Gasteiger partial charge in [0.15, 0.2) is 0 Å². The smallest absolute Gasteiger partial charge is 0.329 e. The lowest BCUT2D eigenvalue weighted by molar-refractivity contribution is -0.131. The fourth-order valence-corrected chi connectivity index (χ4v) is 0.804. The number of carbonyl (C=O) groups is 1. The van der Waals surface area contributed by atoms with Crippen LogP contribution in [0.3, 0.4) is 0 Å². The quantitative estimate of drug-likeness (QED) is 0.680. The van der Waals surface area contributed by atoms with Crippen molar-refractivity contribution in [2.45, 2.75) is 13.5 Å². The van der Waals surface area contributed by atoms with E-state index in [1.807, 2.05) is 6.92 Å². The number of hydrogen-bond acceptors (Lipinski definition) is 4. The number of nitrogens with zero attached hydrogens (tertiary/aromatic N) is 2. The van der Waals surface area contributed by atoms with Crippen LogP contribution in [0.15, 0.2) is 24.7 Å². The molecule has 74 valence electrons. The maximum Gasteiger partial charge on any atom is 0.329 e. The van der Waals surface area contributed by atoms with Gasteiger partial charge in [-0.25, -0.2) is 4.79 Å². The van der Waals surface area contributed by atoms with Crippen LogP contribution >= 0.6 is 0 Å². The molecule has 0 amide bonds. The first kappa shape index (κ1) is 10.2. The topological polar surface area (TPSA) is 75.1 Å².